The maximum absolute atomic E-state index is 12.2. The molecule has 0 aromatic rings. The summed E-state index contributed by atoms with van der Waals surface area (Å²) in [6.45, 7) is 7.03. The first-order chi connectivity index (χ1) is 11.0. The lowest BCUT2D eigenvalue weighted by Crippen LogP contribution is -2.56. The van der Waals surface area contributed by atoms with Crippen LogP contribution in [0.25, 0.3) is 0 Å². The van der Waals surface area contributed by atoms with Crippen LogP contribution < -0.4 is 22.1 Å². The van der Waals surface area contributed by atoms with E-state index in [1.807, 2.05) is 13.8 Å². The third-order valence-electron chi connectivity index (χ3n) is 3.33. The van der Waals surface area contributed by atoms with Crippen LogP contribution in [0.2, 0.25) is 0 Å². The van der Waals surface area contributed by atoms with Crippen molar-refractivity contribution in [1.29, 1.82) is 0 Å². The summed E-state index contributed by atoms with van der Waals surface area (Å²) in [7, 11) is 0. The fourth-order valence-corrected chi connectivity index (χ4v) is 2.07. The number of nitrogens with two attached hydrogens (primary N) is 2. The lowest BCUT2D eigenvalue weighted by molar-refractivity contribution is -0.143. The molecule has 0 spiro atoms. The number of carboxylic acid groups (broad SMARTS) is 1. The van der Waals surface area contributed by atoms with Gasteiger partial charge in [0.1, 0.15) is 12.1 Å². The van der Waals surface area contributed by atoms with E-state index < -0.39 is 48.2 Å². The fraction of sp³-hybridized carbons (Fsp3) is 0.733. The van der Waals surface area contributed by atoms with Gasteiger partial charge in [0.25, 0.3) is 0 Å². The zero-order valence-electron chi connectivity index (χ0n) is 14.5. The Morgan fingerprint density at radius 1 is 1.00 bits per heavy atom. The Hall–Kier alpha value is -2.16. The summed E-state index contributed by atoms with van der Waals surface area (Å²) >= 11 is 0. The quantitative estimate of drug-likeness (QED) is 0.339. The summed E-state index contributed by atoms with van der Waals surface area (Å²) in [6.07, 6.45) is -0.0447. The van der Waals surface area contributed by atoms with Crippen LogP contribution in [0, 0.1) is 11.8 Å². The predicted molar refractivity (Wildman–Crippen MR) is 87.6 cm³/mol. The number of rotatable bonds is 10. The van der Waals surface area contributed by atoms with E-state index in [0.29, 0.717) is 6.42 Å². The molecule has 0 aromatic carbocycles. The van der Waals surface area contributed by atoms with Gasteiger partial charge in [-0.3, -0.25) is 14.4 Å². The lowest BCUT2D eigenvalue weighted by atomic mass is 10.0. The maximum Gasteiger partial charge on any atom is 0.326 e. The van der Waals surface area contributed by atoms with Gasteiger partial charge < -0.3 is 27.2 Å². The molecule has 0 aliphatic rings. The topological polar surface area (TPSA) is 165 Å². The molecule has 0 aliphatic heterocycles. The van der Waals surface area contributed by atoms with Crippen LogP contribution in [0.5, 0.6) is 0 Å². The van der Waals surface area contributed by atoms with E-state index in [2.05, 4.69) is 10.6 Å². The van der Waals surface area contributed by atoms with E-state index in [9.17, 15) is 19.2 Å². The van der Waals surface area contributed by atoms with Gasteiger partial charge in [-0.1, -0.05) is 27.7 Å². The Bertz CT molecular complexity index is 478. The Kier molecular flexibility index (Phi) is 8.97. The largest absolute Gasteiger partial charge is 0.480 e. The molecule has 0 aliphatic carbocycles. The van der Waals surface area contributed by atoms with E-state index in [1.54, 1.807) is 13.8 Å². The molecule has 0 aromatic heterocycles. The highest BCUT2D eigenvalue weighted by atomic mass is 16.4. The van der Waals surface area contributed by atoms with Crippen LogP contribution in [-0.2, 0) is 19.2 Å². The summed E-state index contributed by atoms with van der Waals surface area (Å²) in [4.78, 5) is 46.6. The number of carbonyl (C=O) groups is 4. The van der Waals surface area contributed by atoms with E-state index in [1.165, 1.54) is 0 Å². The molecular weight excluding hydrogens is 316 g/mol. The number of aliphatic carboxylic acids is 1. The maximum atomic E-state index is 12.2. The number of carboxylic acids is 1. The van der Waals surface area contributed by atoms with Gasteiger partial charge in [-0.2, -0.15) is 0 Å². The summed E-state index contributed by atoms with van der Waals surface area (Å²) in [5.74, 6) is -3.60. The first kappa shape index (κ1) is 21.8. The minimum absolute atomic E-state index is 0.173. The summed E-state index contributed by atoms with van der Waals surface area (Å²) in [5, 5.41) is 13.8. The molecule has 0 bridgehead atoms. The van der Waals surface area contributed by atoms with E-state index in [0.717, 1.165) is 0 Å². The molecule has 0 saturated carbocycles. The minimum Gasteiger partial charge on any atom is -0.480 e. The molecule has 3 unspecified atom stereocenters. The van der Waals surface area contributed by atoms with Gasteiger partial charge in [0.2, 0.25) is 17.7 Å². The second kappa shape index (κ2) is 9.86. The highest BCUT2D eigenvalue weighted by molar-refractivity contribution is 5.94. The molecule has 9 heteroatoms. The Morgan fingerprint density at radius 3 is 1.92 bits per heavy atom. The molecule has 7 N–H and O–H groups in total. The van der Waals surface area contributed by atoms with Crippen LogP contribution in [0.15, 0.2) is 0 Å². The van der Waals surface area contributed by atoms with E-state index >= 15 is 0 Å². The first-order valence-corrected chi connectivity index (χ1v) is 7.83. The van der Waals surface area contributed by atoms with Gasteiger partial charge in [0, 0.05) is 0 Å². The SMILES string of the molecule is CC(C)CC(N)C(=O)NC(CC(N)=O)C(=O)NC(C(=O)O)C(C)C. The summed E-state index contributed by atoms with van der Waals surface area (Å²) in [5.41, 5.74) is 10.8. The van der Waals surface area contributed by atoms with E-state index in [-0.39, 0.29) is 11.8 Å². The summed E-state index contributed by atoms with van der Waals surface area (Å²) < 4.78 is 0. The molecule has 0 saturated heterocycles. The third-order valence-corrected chi connectivity index (χ3v) is 3.33. The Labute approximate surface area is 141 Å². The van der Waals surface area contributed by atoms with Crippen molar-refractivity contribution in [2.75, 3.05) is 0 Å². The number of nitrogens with one attached hydrogen (secondary N) is 2. The second-order valence-corrected chi connectivity index (χ2v) is 6.54. The Balaban J connectivity index is 5.05. The van der Waals surface area contributed by atoms with Crippen molar-refractivity contribution in [2.24, 2.45) is 23.3 Å². The van der Waals surface area contributed by atoms with Crippen LogP contribution in [-0.4, -0.2) is 46.9 Å². The average Bonchev–Trinajstić information content (AvgIpc) is 2.41. The fourth-order valence-electron chi connectivity index (χ4n) is 2.07. The predicted octanol–water partition coefficient (Wildman–Crippen LogP) is -1.05. The number of hydrogen-bond donors (Lipinski definition) is 5. The average molecular weight is 344 g/mol. The molecule has 0 fully saturated rings. The molecule has 0 radical (unpaired) electrons. The van der Waals surface area contributed by atoms with Crippen molar-refractivity contribution in [1.82, 2.24) is 10.6 Å². The van der Waals surface area contributed by atoms with Crippen molar-refractivity contribution in [2.45, 2.75) is 58.7 Å². The monoisotopic (exact) mass is 344 g/mol. The molecular formula is C15H28N4O5. The van der Waals surface area contributed by atoms with Crippen LogP contribution >= 0.6 is 0 Å². The van der Waals surface area contributed by atoms with Gasteiger partial charge in [0.15, 0.2) is 0 Å². The van der Waals surface area contributed by atoms with Crippen molar-refractivity contribution in [3.8, 4) is 0 Å². The Morgan fingerprint density at radius 2 is 1.54 bits per heavy atom. The van der Waals surface area contributed by atoms with Crippen molar-refractivity contribution < 1.29 is 24.3 Å². The van der Waals surface area contributed by atoms with E-state index in [4.69, 9.17) is 16.6 Å². The number of primary amides is 1. The van der Waals surface area contributed by atoms with Crippen LogP contribution in [0.1, 0.15) is 40.5 Å². The van der Waals surface area contributed by atoms with Gasteiger partial charge >= 0.3 is 5.97 Å². The van der Waals surface area contributed by atoms with Gasteiger partial charge in [-0.15, -0.1) is 0 Å². The zero-order chi connectivity index (χ0) is 19.0. The second-order valence-electron chi connectivity index (χ2n) is 6.54. The first-order valence-electron chi connectivity index (χ1n) is 7.83. The normalized spacial score (nSPS) is 14.8. The van der Waals surface area contributed by atoms with Gasteiger partial charge in [0.05, 0.1) is 12.5 Å². The smallest absolute Gasteiger partial charge is 0.326 e. The molecule has 3 amide bonds. The summed E-state index contributed by atoms with van der Waals surface area (Å²) in [6, 6.07) is -3.25. The highest BCUT2D eigenvalue weighted by Crippen LogP contribution is 2.05. The van der Waals surface area contributed by atoms with Crippen molar-refractivity contribution >= 4 is 23.7 Å². The van der Waals surface area contributed by atoms with Gasteiger partial charge in [-0.05, 0) is 18.3 Å². The standard InChI is InChI=1S/C15H28N4O5/c1-7(2)5-9(16)13(21)18-10(6-11(17)20)14(22)19-12(8(3)4)15(23)24/h7-10,12H,5-6,16H2,1-4H3,(H2,17,20)(H,18,21)(H,19,22)(H,23,24). The minimum atomic E-state index is -1.27. The van der Waals surface area contributed by atoms with Crippen molar-refractivity contribution in [3.63, 3.8) is 0 Å². The molecule has 0 rings (SSSR count). The zero-order valence-corrected chi connectivity index (χ0v) is 14.5. The van der Waals surface area contributed by atoms with Gasteiger partial charge in [-0.25, -0.2) is 4.79 Å². The van der Waals surface area contributed by atoms with Crippen LogP contribution in [0.4, 0.5) is 0 Å². The van der Waals surface area contributed by atoms with Crippen LogP contribution in [0.3, 0.4) is 0 Å². The molecule has 3 atom stereocenters. The number of amides is 3. The number of carbonyl (C=O) groups excluding carboxylic acids is 3. The highest BCUT2D eigenvalue weighted by Gasteiger charge is 2.30. The molecule has 9 nitrogen and oxygen atoms in total. The number of hydrogen-bond acceptors (Lipinski definition) is 5. The van der Waals surface area contributed by atoms with Crippen molar-refractivity contribution in [3.05, 3.63) is 0 Å². The molecule has 24 heavy (non-hydrogen) atoms. The third kappa shape index (κ3) is 7.91. The molecule has 138 valence electrons. The lowest BCUT2D eigenvalue weighted by Gasteiger charge is -2.24. The molecule has 0 heterocycles.